The predicted molar refractivity (Wildman–Crippen MR) is 133 cm³/mol. The molecule has 1 N–H and O–H groups in total. The van der Waals surface area contributed by atoms with E-state index in [4.69, 9.17) is 0 Å². The summed E-state index contributed by atoms with van der Waals surface area (Å²) in [5.74, 6) is -1.44. The molecule has 0 saturated carbocycles. The second-order valence-electron chi connectivity index (χ2n) is 8.17. The summed E-state index contributed by atoms with van der Waals surface area (Å²) in [5, 5.41) is 8.67. The highest BCUT2D eigenvalue weighted by Gasteiger charge is 2.33. The van der Waals surface area contributed by atoms with Crippen LogP contribution in [-0.4, -0.2) is 55.7 Å². The second-order valence-corrected chi connectivity index (χ2v) is 10.4. The third-order valence-corrected chi connectivity index (χ3v) is 7.93. The van der Waals surface area contributed by atoms with Gasteiger partial charge in [-0.15, -0.1) is 23.1 Å². The highest BCUT2D eigenvalue weighted by molar-refractivity contribution is 7.99. The van der Waals surface area contributed by atoms with E-state index in [1.807, 2.05) is 24.3 Å². The summed E-state index contributed by atoms with van der Waals surface area (Å²) in [6.07, 6.45) is 0. The van der Waals surface area contributed by atoms with Gasteiger partial charge in [0, 0.05) is 24.7 Å². The zero-order chi connectivity index (χ0) is 24.7. The number of thioether (sulfide) groups is 1. The lowest BCUT2D eigenvalue weighted by molar-refractivity contribution is 0.0731. The first-order valence-corrected chi connectivity index (χ1v) is 12.8. The highest BCUT2D eigenvalue weighted by Crippen LogP contribution is 2.33. The number of fused-ring (bicyclic) bond motifs is 1. The van der Waals surface area contributed by atoms with Gasteiger partial charge >= 0.3 is 0 Å². The number of carbonyl (C=O) groups excluding carboxylic acids is 2. The summed E-state index contributed by atoms with van der Waals surface area (Å²) in [7, 11) is 1.79. The van der Waals surface area contributed by atoms with Crippen molar-refractivity contribution in [1.82, 2.24) is 25.0 Å². The fourth-order valence-electron chi connectivity index (χ4n) is 4.09. The van der Waals surface area contributed by atoms with Crippen molar-refractivity contribution >= 4 is 45.8 Å². The molecule has 1 atom stereocenters. The minimum Gasteiger partial charge on any atom is -0.349 e. The summed E-state index contributed by atoms with van der Waals surface area (Å²) in [6, 6.07) is 10.8. The Morgan fingerprint density at radius 3 is 2.74 bits per heavy atom. The van der Waals surface area contributed by atoms with Gasteiger partial charge in [0.15, 0.2) is 17.3 Å². The van der Waals surface area contributed by atoms with Gasteiger partial charge in [-0.05, 0) is 30.7 Å². The van der Waals surface area contributed by atoms with Crippen molar-refractivity contribution in [1.29, 1.82) is 0 Å². The van der Waals surface area contributed by atoms with Crippen molar-refractivity contribution in [3.63, 3.8) is 0 Å². The molecule has 35 heavy (non-hydrogen) atoms. The topological polar surface area (TPSA) is 80.1 Å². The third kappa shape index (κ3) is 4.41. The number of hydrogen-bond acceptors (Lipinski definition) is 6. The standard InChI is InChI=1S/C24H21F2N5O2S2/c1-13-28-21(22(35-13)14-7-8-17(25)18(26)9-14)24(33)31-12-34-11-15(31)10-27-23(32)20-16-5-3-4-6-19(16)30(2)29-20/h3-9,15H,10-12H2,1-2H3,(H,27,32)/t15-/m1/s1. The van der Waals surface area contributed by atoms with E-state index in [2.05, 4.69) is 15.4 Å². The number of thiazole rings is 1. The van der Waals surface area contributed by atoms with E-state index in [9.17, 15) is 18.4 Å². The van der Waals surface area contributed by atoms with Crippen molar-refractivity contribution in [2.24, 2.45) is 7.05 Å². The Morgan fingerprint density at radius 1 is 1.14 bits per heavy atom. The van der Waals surface area contributed by atoms with E-state index in [1.165, 1.54) is 17.4 Å². The number of carbonyl (C=O) groups is 2. The monoisotopic (exact) mass is 513 g/mol. The van der Waals surface area contributed by atoms with Crippen molar-refractivity contribution in [3.05, 3.63) is 70.5 Å². The van der Waals surface area contributed by atoms with Gasteiger partial charge in [0.1, 0.15) is 5.69 Å². The summed E-state index contributed by atoms with van der Waals surface area (Å²) in [4.78, 5) is 32.9. The molecule has 7 nitrogen and oxygen atoms in total. The Labute approximate surface area is 208 Å². The Hall–Kier alpha value is -3.31. The fraction of sp³-hybridized carbons (Fsp3) is 0.250. The van der Waals surface area contributed by atoms with Crippen LogP contribution in [0.3, 0.4) is 0 Å². The number of halogens is 2. The van der Waals surface area contributed by atoms with Crippen LogP contribution in [0.2, 0.25) is 0 Å². The minimum atomic E-state index is -0.980. The lowest BCUT2D eigenvalue weighted by Gasteiger charge is -2.23. The zero-order valence-electron chi connectivity index (χ0n) is 18.9. The number of hydrogen-bond donors (Lipinski definition) is 1. The van der Waals surface area contributed by atoms with E-state index in [0.717, 1.165) is 23.0 Å². The van der Waals surface area contributed by atoms with Gasteiger partial charge in [0.05, 0.1) is 27.3 Å². The van der Waals surface area contributed by atoms with E-state index in [0.29, 0.717) is 32.8 Å². The molecule has 1 saturated heterocycles. The number of nitrogens with one attached hydrogen (secondary N) is 1. The maximum absolute atomic E-state index is 13.8. The average Bonchev–Trinajstić information content (AvgIpc) is 3.56. The summed E-state index contributed by atoms with van der Waals surface area (Å²) >= 11 is 2.83. The van der Waals surface area contributed by atoms with Gasteiger partial charge in [-0.25, -0.2) is 13.8 Å². The SMILES string of the molecule is Cc1nc(C(=O)N2CSC[C@H]2CNC(=O)c2nn(C)c3ccccc23)c(-c2ccc(F)c(F)c2)s1. The average molecular weight is 514 g/mol. The molecular formula is C24H21F2N5O2S2. The summed E-state index contributed by atoms with van der Waals surface area (Å²) in [6.45, 7) is 2.02. The number of nitrogens with zero attached hydrogens (tertiary/aromatic N) is 4. The largest absolute Gasteiger partial charge is 0.349 e. The minimum absolute atomic E-state index is 0.202. The molecule has 1 aliphatic rings. The molecule has 2 aromatic carbocycles. The van der Waals surface area contributed by atoms with Gasteiger partial charge < -0.3 is 10.2 Å². The van der Waals surface area contributed by atoms with Crippen molar-refractivity contribution in [2.45, 2.75) is 13.0 Å². The summed E-state index contributed by atoms with van der Waals surface area (Å²) < 4.78 is 28.9. The van der Waals surface area contributed by atoms with Gasteiger partial charge in [-0.2, -0.15) is 5.10 Å². The molecule has 1 fully saturated rings. The van der Waals surface area contributed by atoms with Crippen molar-refractivity contribution < 1.29 is 18.4 Å². The van der Waals surface area contributed by atoms with E-state index >= 15 is 0 Å². The molecule has 0 spiro atoms. The molecule has 0 bridgehead atoms. The number of benzene rings is 2. The van der Waals surface area contributed by atoms with Crippen molar-refractivity contribution in [3.8, 4) is 10.4 Å². The van der Waals surface area contributed by atoms with Crippen LogP contribution in [0.25, 0.3) is 21.3 Å². The molecule has 4 aromatic rings. The molecule has 0 aliphatic carbocycles. The van der Waals surface area contributed by atoms with Crippen molar-refractivity contribution in [2.75, 3.05) is 18.2 Å². The smallest absolute Gasteiger partial charge is 0.275 e. The molecule has 180 valence electrons. The number of aromatic nitrogens is 3. The van der Waals surface area contributed by atoms with Crippen LogP contribution < -0.4 is 5.32 Å². The summed E-state index contributed by atoms with van der Waals surface area (Å²) in [5.41, 5.74) is 1.79. The molecule has 3 heterocycles. The quantitative estimate of drug-likeness (QED) is 0.432. The Balaban J connectivity index is 1.34. The number of para-hydroxylation sites is 1. The maximum Gasteiger partial charge on any atom is 0.275 e. The fourth-order valence-corrected chi connectivity index (χ4v) is 6.20. The van der Waals surface area contributed by atoms with Gasteiger partial charge in [0.25, 0.3) is 11.8 Å². The first-order valence-electron chi connectivity index (χ1n) is 10.8. The zero-order valence-corrected chi connectivity index (χ0v) is 20.6. The number of rotatable bonds is 5. The normalized spacial score (nSPS) is 15.7. The third-order valence-electron chi connectivity index (χ3n) is 5.83. The molecule has 0 radical (unpaired) electrons. The van der Waals surface area contributed by atoms with E-state index < -0.39 is 11.6 Å². The lowest BCUT2D eigenvalue weighted by atomic mass is 10.1. The Bertz CT molecular complexity index is 1450. The van der Waals surface area contributed by atoms with Gasteiger partial charge in [0.2, 0.25) is 0 Å². The number of aryl methyl sites for hydroxylation is 2. The first-order chi connectivity index (χ1) is 16.8. The molecule has 1 aliphatic heterocycles. The molecule has 11 heteroatoms. The van der Waals surface area contributed by atoms with Crippen LogP contribution in [0.15, 0.2) is 42.5 Å². The second kappa shape index (κ2) is 9.38. The predicted octanol–water partition coefficient (Wildman–Crippen LogP) is 4.23. The number of amides is 2. The van der Waals surface area contributed by atoms with Crippen LogP contribution in [0.5, 0.6) is 0 Å². The van der Waals surface area contributed by atoms with Crippen LogP contribution in [0, 0.1) is 18.6 Å². The molecule has 2 aromatic heterocycles. The van der Waals surface area contributed by atoms with Crippen LogP contribution in [-0.2, 0) is 7.05 Å². The van der Waals surface area contributed by atoms with E-state index in [-0.39, 0.29) is 30.1 Å². The first kappa shape index (κ1) is 23.4. The van der Waals surface area contributed by atoms with E-state index in [1.54, 1.807) is 35.3 Å². The van der Waals surface area contributed by atoms with Gasteiger partial charge in [-0.1, -0.05) is 24.3 Å². The Kier molecular flexibility index (Phi) is 6.28. The molecule has 2 amide bonds. The van der Waals surface area contributed by atoms with Gasteiger partial charge in [-0.3, -0.25) is 14.3 Å². The Morgan fingerprint density at radius 2 is 1.94 bits per heavy atom. The molecule has 5 rings (SSSR count). The molecular weight excluding hydrogens is 492 g/mol. The van der Waals surface area contributed by atoms with Crippen LogP contribution in [0.1, 0.15) is 26.0 Å². The van der Waals surface area contributed by atoms with Crippen LogP contribution >= 0.6 is 23.1 Å². The van der Waals surface area contributed by atoms with Crippen LogP contribution in [0.4, 0.5) is 8.78 Å². The highest BCUT2D eigenvalue weighted by atomic mass is 32.2. The maximum atomic E-state index is 13.8. The molecule has 0 unspecified atom stereocenters. The lowest BCUT2D eigenvalue weighted by Crippen LogP contribution is -2.44.